The highest BCUT2D eigenvalue weighted by atomic mass is 16.6. The Morgan fingerprint density at radius 1 is 1.25 bits per heavy atom. The number of carboxylic acids is 1. The molecule has 1 aromatic carbocycles. The first-order chi connectivity index (χ1) is 9.29. The first-order valence-corrected chi connectivity index (χ1v) is 6.54. The van der Waals surface area contributed by atoms with Gasteiger partial charge in [0.05, 0.1) is 5.92 Å². The maximum absolute atomic E-state index is 11.5. The van der Waals surface area contributed by atoms with E-state index < -0.39 is 23.6 Å². The average Bonchev–Trinajstić information content (AvgIpc) is 2.33. The van der Waals surface area contributed by atoms with Crippen LogP contribution in [0, 0.1) is 0 Å². The van der Waals surface area contributed by atoms with Crippen molar-refractivity contribution in [3.05, 3.63) is 35.9 Å². The van der Waals surface area contributed by atoms with Gasteiger partial charge in [-0.2, -0.15) is 0 Å². The molecule has 5 nitrogen and oxygen atoms in total. The Labute approximate surface area is 118 Å². The summed E-state index contributed by atoms with van der Waals surface area (Å²) in [6, 6.07) is 8.97. The van der Waals surface area contributed by atoms with Crippen molar-refractivity contribution in [2.45, 2.75) is 38.7 Å². The van der Waals surface area contributed by atoms with Crippen LogP contribution < -0.4 is 5.32 Å². The highest BCUT2D eigenvalue weighted by molar-refractivity contribution is 5.76. The van der Waals surface area contributed by atoms with Crippen LogP contribution in [0.3, 0.4) is 0 Å². The van der Waals surface area contributed by atoms with Gasteiger partial charge in [-0.1, -0.05) is 30.3 Å². The van der Waals surface area contributed by atoms with Crippen molar-refractivity contribution in [1.29, 1.82) is 0 Å². The van der Waals surface area contributed by atoms with Crippen LogP contribution in [0.5, 0.6) is 0 Å². The number of benzene rings is 1. The Hall–Kier alpha value is -2.04. The molecule has 1 atom stereocenters. The van der Waals surface area contributed by atoms with Crippen molar-refractivity contribution in [3.8, 4) is 0 Å². The number of amides is 1. The van der Waals surface area contributed by atoms with Crippen LogP contribution in [-0.2, 0) is 9.53 Å². The molecule has 1 aromatic rings. The molecule has 0 aliphatic rings. The summed E-state index contributed by atoms with van der Waals surface area (Å²) in [6.45, 7) is 5.57. The predicted molar refractivity (Wildman–Crippen MR) is 75.7 cm³/mol. The Balaban J connectivity index is 2.49. The van der Waals surface area contributed by atoms with E-state index in [2.05, 4.69) is 5.32 Å². The zero-order chi connectivity index (χ0) is 15.2. The van der Waals surface area contributed by atoms with Crippen LogP contribution in [0.15, 0.2) is 30.3 Å². The molecular weight excluding hydrogens is 258 g/mol. The van der Waals surface area contributed by atoms with E-state index in [1.165, 1.54) is 0 Å². The van der Waals surface area contributed by atoms with Gasteiger partial charge in [0.1, 0.15) is 5.60 Å². The number of hydrogen-bond donors (Lipinski definition) is 2. The predicted octanol–water partition coefficient (Wildman–Crippen LogP) is 2.77. The summed E-state index contributed by atoms with van der Waals surface area (Å²) < 4.78 is 5.09. The Morgan fingerprint density at radius 2 is 1.85 bits per heavy atom. The molecule has 5 heteroatoms. The van der Waals surface area contributed by atoms with Gasteiger partial charge in [0.15, 0.2) is 0 Å². The lowest BCUT2D eigenvalue weighted by Gasteiger charge is -2.20. The van der Waals surface area contributed by atoms with Gasteiger partial charge in [-0.3, -0.25) is 4.79 Å². The minimum absolute atomic E-state index is 0.251. The fourth-order valence-corrected chi connectivity index (χ4v) is 1.75. The zero-order valence-electron chi connectivity index (χ0n) is 12.1. The van der Waals surface area contributed by atoms with Gasteiger partial charge in [-0.05, 0) is 32.8 Å². The molecule has 1 amide bonds. The number of carbonyl (C=O) groups is 2. The molecule has 0 aliphatic carbocycles. The summed E-state index contributed by atoms with van der Waals surface area (Å²) in [6.07, 6.45) is -0.215. The molecule has 0 aliphatic heterocycles. The molecule has 0 bridgehead atoms. The van der Waals surface area contributed by atoms with E-state index in [1.54, 1.807) is 45.0 Å². The van der Waals surface area contributed by atoms with Crippen LogP contribution in [0.2, 0.25) is 0 Å². The molecule has 0 radical (unpaired) electrons. The van der Waals surface area contributed by atoms with Gasteiger partial charge >= 0.3 is 12.1 Å². The van der Waals surface area contributed by atoms with Crippen molar-refractivity contribution in [2.75, 3.05) is 6.54 Å². The van der Waals surface area contributed by atoms with Crippen LogP contribution in [-0.4, -0.2) is 29.3 Å². The summed E-state index contributed by atoms with van der Waals surface area (Å²) in [5, 5.41) is 11.8. The normalized spacial score (nSPS) is 12.6. The number of carboxylic acid groups (broad SMARTS) is 1. The van der Waals surface area contributed by atoms with Crippen molar-refractivity contribution in [2.24, 2.45) is 0 Å². The SMILES string of the molecule is CC(C)(C)OC(=O)NCCC(C(=O)O)c1ccccc1. The monoisotopic (exact) mass is 279 g/mol. The highest BCUT2D eigenvalue weighted by Crippen LogP contribution is 2.19. The number of alkyl carbamates (subject to hydrolysis) is 1. The molecule has 0 fully saturated rings. The third-order valence-electron chi connectivity index (χ3n) is 2.60. The molecule has 2 N–H and O–H groups in total. The fraction of sp³-hybridized carbons (Fsp3) is 0.467. The number of hydrogen-bond acceptors (Lipinski definition) is 3. The van der Waals surface area contributed by atoms with Gasteiger partial charge in [0, 0.05) is 6.54 Å². The van der Waals surface area contributed by atoms with Crippen LogP contribution >= 0.6 is 0 Å². The second kappa shape index (κ2) is 6.93. The minimum atomic E-state index is -0.901. The molecule has 0 heterocycles. The van der Waals surface area contributed by atoms with E-state index in [9.17, 15) is 14.7 Å². The van der Waals surface area contributed by atoms with Crippen LogP contribution in [0.25, 0.3) is 0 Å². The van der Waals surface area contributed by atoms with Crippen molar-refractivity contribution >= 4 is 12.1 Å². The quantitative estimate of drug-likeness (QED) is 0.869. The summed E-state index contributed by atoms with van der Waals surface area (Å²) in [4.78, 5) is 22.7. The van der Waals surface area contributed by atoms with Gasteiger partial charge in [-0.25, -0.2) is 4.79 Å². The van der Waals surface area contributed by atoms with Gasteiger partial charge < -0.3 is 15.2 Å². The van der Waals surface area contributed by atoms with Gasteiger partial charge in [-0.15, -0.1) is 0 Å². The summed E-state index contributed by atoms with van der Waals surface area (Å²) in [7, 11) is 0. The maximum atomic E-state index is 11.5. The summed E-state index contributed by atoms with van der Waals surface area (Å²) in [5.41, 5.74) is 0.168. The smallest absolute Gasteiger partial charge is 0.407 e. The van der Waals surface area contributed by atoms with Crippen LogP contribution in [0.4, 0.5) is 4.79 Å². The molecular formula is C15H21NO4. The molecule has 0 saturated carbocycles. The number of carbonyl (C=O) groups excluding carboxylic acids is 1. The topological polar surface area (TPSA) is 75.6 Å². The third kappa shape index (κ3) is 5.73. The summed E-state index contributed by atoms with van der Waals surface area (Å²) in [5.74, 6) is -1.53. The molecule has 110 valence electrons. The number of ether oxygens (including phenoxy) is 1. The summed E-state index contributed by atoms with van der Waals surface area (Å²) >= 11 is 0. The van der Waals surface area contributed by atoms with Crippen molar-refractivity contribution in [3.63, 3.8) is 0 Å². The Morgan fingerprint density at radius 3 is 2.35 bits per heavy atom. The maximum Gasteiger partial charge on any atom is 0.407 e. The number of nitrogens with one attached hydrogen (secondary N) is 1. The van der Waals surface area contributed by atoms with Gasteiger partial charge in [0.25, 0.3) is 0 Å². The molecule has 1 rings (SSSR count). The Kier molecular flexibility index (Phi) is 5.55. The van der Waals surface area contributed by atoms with Crippen molar-refractivity contribution in [1.82, 2.24) is 5.32 Å². The first kappa shape index (κ1) is 16.0. The third-order valence-corrected chi connectivity index (χ3v) is 2.60. The molecule has 1 unspecified atom stereocenters. The van der Waals surface area contributed by atoms with Crippen LogP contribution in [0.1, 0.15) is 38.7 Å². The highest BCUT2D eigenvalue weighted by Gasteiger charge is 2.20. The van der Waals surface area contributed by atoms with E-state index in [0.29, 0.717) is 6.42 Å². The zero-order valence-corrected chi connectivity index (χ0v) is 12.1. The molecule has 20 heavy (non-hydrogen) atoms. The lowest BCUT2D eigenvalue weighted by Crippen LogP contribution is -2.33. The van der Waals surface area contributed by atoms with E-state index in [-0.39, 0.29) is 6.54 Å². The molecule has 0 aromatic heterocycles. The molecule has 0 spiro atoms. The second-order valence-electron chi connectivity index (χ2n) is 5.52. The average molecular weight is 279 g/mol. The lowest BCUT2D eigenvalue weighted by molar-refractivity contribution is -0.139. The first-order valence-electron chi connectivity index (χ1n) is 6.54. The Bertz CT molecular complexity index is 451. The second-order valence-corrected chi connectivity index (χ2v) is 5.52. The van der Waals surface area contributed by atoms with E-state index >= 15 is 0 Å². The fourth-order valence-electron chi connectivity index (χ4n) is 1.75. The number of rotatable bonds is 5. The minimum Gasteiger partial charge on any atom is -0.481 e. The lowest BCUT2D eigenvalue weighted by atomic mass is 9.96. The van der Waals surface area contributed by atoms with E-state index in [1.807, 2.05) is 6.07 Å². The number of aliphatic carboxylic acids is 1. The standard InChI is InChI=1S/C15H21NO4/c1-15(2,3)20-14(19)16-10-9-12(13(17)18)11-7-5-4-6-8-11/h4-8,12H,9-10H2,1-3H3,(H,16,19)(H,17,18). The largest absolute Gasteiger partial charge is 0.481 e. The van der Waals surface area contributed by atoms with Gasteiger partial charge in [0.2, 0.25) is 0 Å². The van der Waals surface area contributed by atoms with E-state index in [4.69, 9.17) is 4.74 Å². The van der Waals surface area contributed by atoms with E-state index in [0.717, 1.165) is 5.56 Å². The van der Waals surface area contributed by atoms with Crippen molar-refractivity contribution < 1.29 is 19.4 Å². The molecule has 0 saturated heterocycles.